The number of nitrogens with one attached hydrogen (secondary N) is 1. The van der Waals surface area contributed by atoms with Gasteiger partial charge in [0, 0.05) is 11.4 Å². The average molecular weight is 346 g/mol. The van der Waals surface area contributed by atoms with Crippen molar-refractivity contribution in [3.05, 3.63) is 29.8 Å². The normalized spacial score (nSPS) is 14.7. The minimum Gasteiger partial charge on any atom is -0.207 e. The van der Waals surface area contributed by atoms with Gasteiger partial charge >= 0.3 is 0 Å². The number of rotatable bonds is 10. The molecule has 0 aromatic heterocycles. The molecule has 0 aliphatic rings. The van der Waals surface area contributed by atoms with E-state index in [1.54, 1.807) is 24.3 Å². The molecule has 0 aliphatic heterocycles. The van der Waals surface area contributed by atoms with Crippen LogP contribution in [0.5, 0.6) is 0 Å². The highest BCUT2D eigenvalue weighted by Crippen LogP contribution is 2.18. The van der Waals surface area contributed by atoms with Gasteiger partial charge in [-0.1, -0.05) is 57.2 Å². The van der Waals surface area contributed by atoms with Crippen LogP contribution in [0.15, 0.2) is 29.2 Å². The van der Waals surface area contributed by atoms with E-state index in [2.05, 4.69) is 11.6 Å². The van der Waals surface area contributed by atoms with Crippen LogP contribution < -0.4 is 4.72 Å². The summed E-state index contributed by atoms with van der Waals surface area (Å²) in [7, 11) is -3.50. The molecule has 0 amide bonds. The minimum absolute atomic E-state index is 0.165. The van der Waals surface area contributed by atoms with Gasteiger partial charge in [0.1, 0.15) is 0 Å². The zero-order chi connectivity index (χ0) is 16.6. The van der Waals surface area contributed by atoms with E-state index in [9.17, 15) is 8.42 Å². The highest BCUT2D eigenvalue weighted by molar-refractivity contribution is 7.89. The first-order chi connectivity index (χ1) is 10.4. The third-order valence-electron chi connectivity index (χ3n) is 3.85. The largest absolute Gasteiger partial charge is 0.240 e. The van der Waals surface area contributed by atoms with E-state index < -0.39 is 10.0 Å². The van der Waals surface area contributed by atoms with Crippen molar-refractivity contribution in [1.29, 1.82) is 0 Å². The standard InChI is InChI=1S/C17H28ClNO2S/c1-4-6-7-8-9-16(18)17(5-2)19-22(20,21)15-12-10-14(3)11-13-15/h10-13,16-17,19H,4-9H2,1-3H3/t16-,17-/m0/s1. The quantitative estimate of drug-likeness (QED) is 0.496. The Balaban J connectivity index is 2.65. The van der Waals surface area contributed by atoms with Crippen LogP contribution in [0.1, 0.15) is 57.9 Å². The number of unbranched alkanes of at least 4 members (excludes halogenated alkanes) is 3. The molecule has 1 aromatic rings. The molecule has 0 heterocycles. The Kier molecular flexibility index (Phi) is 8.44. The Bertz CT molecular complexity index is 528. The molecule has 5 heteroatoms. The molecule has 0 unspecified atom stereocenters. The summed E-state index contributed by atoms with van der Waals surface area (Å²) in [4.78, 5) is 0.298. The number of hydrogen-bond donors (Lipinski definition) is 1. The van der Waals surface area contributed by atoms with E-state index in [0.29, 0.717) is 11.3 Å². The summed E-state index contributed by atoms with van der Waals surface area (Å²) in [6, 6.07) is 6.65. The predicted molar refractivity (Wildman–Crippen MR) is 94.0 cm³/mol. The average Bonchev–Trinajstić information content (AvgIpc) is 2.49. The van der Waals surface area contributed by atoms with Crippen LogP contribution in [0, 0.1) is 6.92 Å². The van der Waals surface area contributed by atoms with E-state index in [0.717, 1.165) is 24.8 Å². The van der Waals surface area contributed by atoms with Crippen molar-refractivity contribution in [3.8, 4) is 0 Å². The maximum atomic E-state index is 12.4. The van der Waals surface area contributed by atoms with Gasteiger partial charge in [-0.05, 0) is 31.9 Å². The van der Waals surface area contributed by atoms with Crippen LogP contribution in [0.4, 0.5) is 0 Å². The SMILES string of the molecule is CCCCCC[C@H](Cl)[C@H](CC)NS(=O)(=O)c1ccc(C)cc1. The van der Waals surface area contributed by atoms with Gasteiger partial charge in [-0.2, -0.15) is 0 Å². The summed E-state index contributed by atoms with van der Waals surface area (Å²) >= 11 is 6.42. The zero-order valence-corrected chi connectivity index (χ0v) is 15.4. The first-order valence-corrected chi connectivity index (χ1v) is 10.1. The first-order valence-electron chi connectivity index (χ1n) is 8.13. The fourth-order valence-electron chi connectivity index (χ4n) is 2.36. The molecule has 0 bridgehead atoms. The molecular formula is C17H28ClNO2S. The van der Waals surface area contributed by atoms with E-state index in [-0.39, 0.29) is 11.4 Å². The molecule has 0 saturated heterocycles. The van der Waals surface area contributed by atoms with Gasteiger partial charge in [-0.15, -0.1) is 11.6 Å². The number of alkyl halides is 1. The van der Waals surface area contributed by atoms with Crippen LogP contribution in [0.2, 0.25) is 0 Å². The number of aryl methyl sites for hydroxylation is 1. The molecule has 1 rings (SSSR count). The smallest absolute Gasteiger partial charge is 0.207 e. The Morgan fingerprint density at radius 3 is 2.27 bits per heavy atom. The van der Waals surface area contributed by atoms with Crippen molar-refractivity contribution in [2.45, 2.75) is 75.6 Å². The molecule has 2 atom stereocenters. The van der Waals surface area contributed by atoms with Gasteiger partial charge in [0.2, 0.25) is 10.0 Å². The van der Waals surface area contributed by atoms with E-state index in [4.69, 9.17) is 11.6 Å². The second-order valence-electron chi connectivity index (χ2n) is 5.81. The lowest BCUT2D eigenvalue weighted by atomic mass is 10.0. The number of benzene rings is 1. The molecule has 0 spiro atoms. The second-order valence-corrected chi connectivity index (χ2v) is 8.09. The molecule has 0 saturated carbocycles. The Labute approximate surface area is 140 Å². The van der Waals surface area contributed by atoms with Crippen molar-refractivity contribution in [2.24, 2.45) is 0 Å². The van der Waals surface area contributed by atoms with Crippen LogP contribution >= 0.6 is 11.6 Å². The van der Waals surface area contributed by atoms with Crippen molar-refractivity contribution in [2.75, 3.05) is 0 Å². The molecule has 0 aliphatic carbocycles. The Morgan fingerprint density at radius 1 is 1.09 bits per heavy atom. The van der Waals surface area contributed by atoms with Crippen molar-refractivity contribution < 1.29 is 8.42 Å². The summed E-state index contributed by atoms with van der Waals surface area (Å²) in [5.74, 6) is 0. The maximum absolute atomic E-state index is 12.4. The predicted octanol–water partition coefficient (Wildman–Crippen LogP) is 4.63. The van der Waals surface area contributed by atoms with Crippen LogP contribution in [-0.2, 0) is 10.0 Å². The third kappa shape index (κ3) is 6.27. The number of halogens is 1. The lowest BCUT2D eigenvalue weighted by Crippen LogP contribution is -2.40. The molecule has 22 heavy (non-hydrogen) atoms. The van der Waals surface area contributed by atoms with E-state index in [1.165, 1.54) is 12.8 Å². The summed E-state index contributed by atoms with van der Waals surface area (Å²) in [6.07, 6.45) is 6.12. The summed E-state index contributed by atoms with van der Waals surface area (Å²) < 4.78 is 27.6. The lowest BCUT2D eigenvalue weighted by molar-refractivity contribution is 0.493. The number of hydrogen-bond acceptors (Lipinski definition) is 2. The van der Waals surface area contributed by atoms with E-state index >= 15 is 0 Å². The van der Waals surface area contributed by atoms with Crippen LogP contribution in [0.25, 0.3) is 0 Å². The molecule has 0 radical (unpaired) electrons. The number of sulfonamides is 1. The Hall–Kier alpha value is -0.580. The zero-order valence-electron chi connectivity index (χ0n) is 13.8. The molecular weight excluding hydrogens is 318 g/mol. The Morgan fingerprint density at radius 2 is 1.73 bits per heavy atom. The van der Waals surface area contributed by atoms with Gasteiger partial charge in [0.25, 0.3) is 0 Å². The summed E-state index contributed by atoms with van der Waals surface area (Å²) in [6.45, 7) is 6.07. The molecule has 3 nitrogen and oxygen atoms in total. The molecule has 1 aromatic carbocycles. The molecule has 126 valence electrons. The van der Waals surface area contributed by atoms with Crippen molar-refractivity contribution in [3.63, 3.8) is 0 Å². The van der Waals surface area contributed by atoms with Gasteiger partial charge < -0.3 is 0 Å². The monoisotopic (exact) mass is 345 g/mol. The van der Waals surface area contributed by atoms with Crippen LogP contribution in [-0.4, -0.2) is 19.8 Å². The van der Waals surface area contributed by atoms with Crippen molar-refractivity contribution >= 4 is 21.6 Å². The second kappa shape index (κ2) is 9.53. The molecule has 1 N–H and O–H groups in total. The fourth-order valence-corrected chi connectivity index (χ4v) is 4.20. The van der Waals surface area contributed by atoms with Crippen molar-refractivity contribution in [1.82, 2.24) is 4.72 Å². The summed E-state index contributed by atoms with van der Waals surface area (Å²) in [5.41, 5.74) is 1.04. The first kappa shape index (κ1) is 19.5. The summed E-state index contributed by atoms with van der Waals surface area (Å²) in [5, 5.41) is -0.165. The lowest BCUT2D eigenvalue weighted by Gasteiger charge is -2.22. The highest BCUT2D eigenvalue weighted by atomic mass is 35.5. The molecule has 0 fully saturated rings. The van der Waals surface area contributed by atoms with Crippen LogP contribution in [0.3, 0.4) is 0 Å². The topological polar surface area (TPSA) is 46.2 Å². The van der Waals surface area contributed by atoms with Gasteiger partial charge in [0.05, 0.1) is 4.90 Å². The fraction of sp³-hybridized carbons (Fsp3) is 0.647. The van der Waals surface area contributed by atoms with Gasteiger partial charge in [0.15, 0.2) is 0 Å². The maximum Gasteiger partial charge on any atom is 0.240 e. The minimum atomic E-state index is -3.50. The van der Waals surface area contributed by atoms with E-state index in [1.807, 2.05) is 13.8 Å². The highest BCUT2D eigenvalue weighted by Gasteiger charge is 2.24. The van der Waals surface area contributed by atoms with Gasteiger partial charge in [-0.25, -0.2) is 13.1 Å². The van der Waals surface area contributed by atoms with Gasteiger partial charge in [-0.3, -0.25) is 0 Å². The third-order valence-corrected chi connectivity index (χ3v) is 5.88.